The molecule has 0 fully saturated rings. The van der Waals surface area contributed by atoms with Gasteiger partial charge in [-0.25, -0.2) is 19.0 Å². The predicted octanol–water partition coefficient (Wildman–Crippen LogP) is 5.02. The number of fused-ring (bicyclic) bond motifs is 1. The summed E-state index contributed by atoms with van der Waals surface area (Å²) in [6, 6.07) is 12.7. The number of aryl methyl sites for hydroxylation is 2. The molecule has 2 aromatic carbocycles. The zero-order valence-corrected chi connectivity index (χ0v) is 18.1. The van der Waals surface area contributed by atoms with Crippen molar-refractivity contribution in [1.29, 1.82) is 0 Å². The largest absolute Gasteiger partial charge is 0.495 e. The Morgan fingerprint density at radius 3 is 2.72 bits per heavy atom. The van der Waals surface area contributed by atoms with Crippen LogP contribution in [-0.4, -0.2) is 31.4 Å². The highest BCUT2D eigenvalue weighted by molar-refractivity contribution is 5.69. The molecule has 0 spiro atoms. The molecule has 1 aliphatic rings. The Labute approximate surface area is 186 Å². The van der Waals surface area contributed by atoms with Gasteiger partial charge in [-0.2, -0.15) is 5.10 Å². The maximum atomic E-state index is 13.3. The van der Waals surface area contributed by atoms with Crippen LogP contribution in [0.4, 0.5) is 4.39 Å². The number of ether oxygens (including phenoxy) is 1. The van der Waals surface area contributed by atoms with Crippen LogP contribution in [-0.2, 0) is 6.54 Å². The van der Waals surface area contributed by atoms with Crippen LogP contribution in [0.5, 0.6) is 5.75 Å². The molecule has 32 heavy (non-hydrogen) atoms. The van der Waals surface area contributed by atoms with Gasteiger partial charge < -0.3 is 9.30 Å². The Bertz CT molecular complexity index is 1270. The summed E-state index contributed by atoms with van der Waals surface area (Å²) < 4.78 is 22.9. The number of methoxy groups -OCH3 is 1. The van der Waals surface area contributed by atoms with Crippen LogP contribution >= 0.6 is 0 Å². The lowest BCUT2D eigenvalue weighted by molar-refractivity contribution is 0.413. The fourth-order valence-corrected chi connectivity index (χ4v) is 4.19. The third kappa shape index (κ3) is 3.93. The maximum Gasteiger partial charge on any atom is 0.174 e. The lowest BCUT2D eigenvalue weighted by Gasteiger charge is -2.22. The number of halogens is 1. The van der Waals surface area contributed by atoms with Crippen molar-refractivity contribution in [2.24, 2.45) is 0 Å². The molecular weight excluding hydrogens is 405 g/mol. The second-order valence-corrected chi connectivity index (χ2v) is 7.98. The lowest BCUT2D eigenvalue weighted by atomic mass is 9.91. The van der Waals surface area contributed by atoms with Gasteiger partial charge in [-0.15, -0.1) is 0 Å². The molecule has 0 saturated heterocycles. The molecule has 1 unspecified atom stereocenters. The average Bonchev–Trinajstić information content (AvgIpc) is 3.43. The first-order valence-corrected chi connectivity index (χ1v) is 10.7. The highest BCUT2D eigenvalue weighted by Crippen LogP contribution is 2.32. The number of rotatable bonds is 5. The maximum absolute atomic E-state index is 13.3. The van der Waals surface area contributed by atoms with E-state index in [-0.39, 0.29) is 11.7 Å². The van der Waals surface area contributed by atoms with Gasteiger partial charge in [-0.05, 0) is 61.2 Å². The molecule has 0 amide bonds. The van der Waals surface area contributed by atoms with Crippen molar-refractivity contribution in [3.63, 3.8) is 0 Å². The minimum Gasteiger partial charge on any atom is -0.495 e. The topological polar surface area (TPSA) is 57.8 Å². The summed E-state index contributed by atoms with van der Waals surface area (Å²) in [6.45, 7) is 2.80. The Balaban J connectivity index is 1.40. The van der Waals surface area contributed by atoms with Crippen molar-refractivity contribution in [1.82, 2.24) is 24.3 Å². The zero-order valence-electron chi connectivity index (χ0n) is 18.1. The Hall–Kier alpha value is -3.74. The second-order valence-electron chi connectivity index (χ2n) is 7.98. The third-order valence-corrected chi connectivity index (χ3v) is 5.78. The van der Waals surface area contributed by atoms with Crippen LogP contribution < -0.4 is 4.74 Å². The van der Waals surface area contributed by atoms with Crippen molar-refractivity contribution in [3.8, 4) is 11.4 Å². The van der Waals surface area contributed by atoms with Crippen LogP contribution in [0.25, 0.3) is 17.8 Å². The Kier molecular flexibility index (Phi) is 5.31. The Morgan fingerprint density at radius 1 is 1.12 bits per heavy atom. The molecule has 0 saturated carbocycles. The van der Waals surface area contributed by atoms with Crippen LogP contribution in [0, 0.1) is 12.7 Å². The van der Waals surface area contributed by atoms with E-state index in [2.05, 4.69) is 10.1 Å². The highest BCUT2D eigenvalue weighted by atomic mass is 19.1. The lowest BCUT2D eigenvalue weighted by Crippen LogP contribution is -2.17. The number of imidazole rings is 1. The second kappa shape index (κ2) is 8.42. The van der Waals surface area contributed by atoms with Gasteiger partial charge in [-0.3, -0.25) is 0 Å². The number of nitrogens with zero attached hydrogens (tertiary/aromatic N) is 5. The molecule has 0 radical (unpaired) electrons. The molecular formula is C25H24FN5O. The first-order valence-electron chi connectivity index (χ1n) is 10.7. The van der Waals surface area contributed by atoms with Gasteiger partial charge in [0.05, 0.1) is 24.8 Å². The highest BCUT2D eigenvalue weighted by Gasteiger charge is 2.25. The molecule has 1 atom stereocenters. The van der Waals surface area contributed by atoms with Gasteiger partial charge in [0, 0.05) is 18.7 Å². The molecule has 7 heteroatoms. The number of hydrogen-bond donors (Lipinski definition) is 0. The molecule has 3 heterocycles. The van der Waals surface area contributed by atoms with Crippen LogP contribution in [0.1, 0.15) is 47.2 Å². The summed E-state index contributed by atoms with van der Waals surface area (Å²) >= 11 is 0. The van der Waals surface area contributed by atoms with Crippen LogP contribution in [0.3, 0.4) is 0 Å². The summed E-state index contributed by atoms with van der Waals surface area (Å²) in [5, 5.41) is 4.67. The van der Waals surface area contributed by atoms with Crippen molar-refractivity contribution >= 4 is 12.2 Å². The minimum absolute atomic E-state index is 0.136. The van der Waals surface area contributed by atoms with E-state index in [4.69, 9.17) is 9.72 Å². The van der Waals surface area contributed by atoms with Crippen LogP contribution in [0.15, 0.2) is 55.0 Å². The fourth-order valence-electron chi connectivity index (χ4n) is 4.19. The third-order valence-electron chi connectivity index (χ3n) is 5.78. The van der Waals surface area contributed by atoms with Crippen molar-refractivity contribution in [3.05, 3.63) is 89.3 Å². The smallest absolute Gasteiger partial charge is 0.174 e. The normalized spacial score (nSPS) is 15.8. The standard InChI is InChI=1S/C25H24FN5O/c1-17-15-30(16-27-17)22-11-5-18(14-23(22)32-2)6-12-24-28-25-21(4-3-13-31(25)29-24)19-7-9-20(26)10-8-19/h5-12,14-16,21H,3-4,13H2,1-2H3. The molecule has 4 aromatic rings. The number of hydrogen-bond acceptors (Lipinski definition) is 4. The average molecular weight is 429 g/mol. The summed E-state index contributed by atoms with van der Waals surface area (Å²) in [6.07, 6.45) is 9.65. The molecule has 0 aliphatic carbocycles. The minimum atomic E-state index is -0.223. The zero-order chi connectivity index (χ0) is 22.1. The molecule has 1 aliphatic heterocycles. The molecule has 0 N–H and O–H groups in total. The molecule has 2 aromatic heterocycles. The summed E-state index contributed by atoms with van der Waals surface area (Å²) in [4.78, 5) is 9.07. The van der Waals surface area contributed by atoms with E-state index >= 15 is 0 Å². The van der Waals surface area contributed by atoms with Gasteiger partial charge >= 0.3 is 0 Å². The van der Waals surface area contributed by atoms with Gasteiger partial charge in [-0.1, -0.05) is 24.3 Å². The van der Waals surface area contributed by atoms with Gasteiger partial charge in [0.25, 0.3) is 0 Å². The molecule has 6 nitrogen and oxygen atoms in total. The van der Waals surface area contributed by atoms with E-state index < -0.39 is 0 Å². The van der Waals surface area contributed by atoms with Gasteiger partial charge in [0.2, 0.25) is 0 Å². The predicted molar refractivity (Wildman–Crippen MR) is 121 cm³/mol. The summed E-state index contributed by atoms with van der Waals surface area (Å²) in [5.41, 5.74) is 3.95. The van der Waals surface area contributed by atoms with Crippen molar-refractivity contribution in [2.75, 3.05) is 7.11 Å². The van der Waals surface area contributed by atoms with Gasteiger partial charge in [0.1, 0.15) is 17.4 Å². The monoisotopic (exact) mass is 429 g/mol. The van der Waals surface area contributed by atoms with E-state index in [9.17, 15) is 4.39 Å². The van der Waals surface area contributed by atoms with E-state index in [0.717, 1.165) is 53.5 Å². The molecule has 0 bridgehead atoms. The van der Waals surface area contributed by atoms with Crippen LogP contribution in [0.2, 0.25) is 0 Å². The first-order chi connectivity index (χ1) is 15.6. The fraction of sp³-hybridized carbons (Fsp3) is 0.240. The number of benzene rings is 2. The first kappa shape index (κ1) is 20.2. The summed E-state index contributed by atoms with van der Waals surface area (Å²) in [5.74, 6) is 2.28. The quantitative estimate of drug-likeness (QED) is 0.447. The van der Waals surface area contributed by atoms with E-state index in [1.54, 1.807) is 13.4 Å². The SMILES string of the molecule is COc1cc(C=Cc2nc3n(n2)CCCC3c2ccc(F)cc2)ccc1-n1cnc(C)c1. The van der Waals surface area contributed by atoms with E-state index in [0.29, 0.717) is 5.82 Å². The molecule has 162 valence electrons. The van der Waals surface area contributed by atoms with Crippen molar-refractivity contribution in [2.45, 2.75) is 32.2 Å². The van der Waals surface area contributed by atoms with Crippen molar-refractivity contribution < 1.29 is 9.13 Å². The van der Waals surface area contributed by atoms with E-state index in [1.807, 2.05) is 64.9 Å². The van der Waals surface area contributed by atoms with E-state index in [1.165, 1.54) is 12.1 Å². The number of aromatic nitrogens is 5. The molecule has 5 rings (SSSR count). The summed E-state index contributed by atoms with van der Waals surface area (Å²) in [7, 11) is 1.66. The van der Waals surface area contributed by atoms with Gasteiger partial charge in [0.15, 0.2) is 5.82 Å². The Morgan fingerprint density at radius 2 is 1.97 bits per heavy atom.